The molecule has 0 spiro atoms. The molecule has 3 aromatic carbocycles. The number of fused-ring (bicyclic) bond motifs is 1. The number of methoxy groups -OCH3 is 1. The Bertz CT molecular complexity index is 925. The Morgan fingerprint density at radius 2 is 1.73 bits per heavy atom. The maximum Gasteiger partial charge on any atom is 0.239 e. The van der Waals surface area contributed by atoms with Crippen LogP contribution in [0.15, 0.2) is 60.7 Å². The summed E-state index contributed by atoms with van der Waals surface area (Å²) in [6.07, 6.45) is 0. The summed E-state index contributed by atoms with van der Waals surface area (Å²) in [4.78, 5) is 13.8. The van der Waals surface area contributed by atoms with Gasteiger partial charge in [0.15, 0.2) is 0 Å². The van der Waals surface area contributed by atoms with E-state index in [0.29, 0.717) is 12.1 Å². The minimum Gasteiger partial charge on any atom is -0.497 e. The fourth-order valence-electron chi connectivity index (χ4n) is 3.16. The molecule has 3 rings (SSSR count). The van der Waals surface area contributed by atoms with E-state index in [4.69, 9.17) is 10.5 Å². The van der Waals surface area contributed by atoms with Crippen molar-refractivity contribution in [3.63, 3.8) is 0 Å². The van der Waals surface area contributed by atoms with Crippen molar-refractivity contribution >= 4 is 16.7 Å². The molecule has 5 heteroatoms. The summed E-state index contributed by atoms with van der Waals surface area (Å²) in [5.74, 6) is 0.00156. The van der Waals surface area contributed by atoms with E-state index in [2.05, 4.69) is 6.07 Å². The van der Waals surface area contributed by atoms with Gasteiger partial charge >= 0.3 is 0 Å². The molecule has 0 saturated heterocycles. The fourth-order valence-corrected chi connectivity index (χ4v) is 3.16. The number of carbonyl (C=O) groups is 1. The number of likely N-dealkylation sites (N-methyl/N-ethyl adjacent to an activating group) is 1. The van der Waals surface area contributed by atoms with Crippen LogP contribution in [0.5, 0.6) is 5.75 Å². The average Bonchev–Trinajstić information content (AvgIpc) is 2.62. The van der Waals surface area contributed by atoms with Gasteiger partial charge in [-0.05, 0) is 59.3 Å². The number of rotatable bonds is 6. The molecule has 2 N–H and O–H groups in total. The lowest BCUT2D eigenvalue weighted by atomic mass is 10.0. The molecule has 0 aromatic heterocycles. The predicted molar refractivity (Wildman–Crippen MR) is 100 cm³/mol. The molecule has 4 nitrogen and oxygen atoms in total. The van der Waals surface area contributed by atoms with Gasteiger partial charge in [0.2, 0.25) is 5.91 Å². The molecule has 0 aliphatic carbocycles. The van der Waals surface area contributed by atoms with Gasteiger partial charge in [-0.1, -0.05) is 30.3 Å². The Morgan fingerprint density at radius 1 is 1.08 bits per heavy atom. The van der Waals surface area contributed by atoms with Gasteiger partial charge in [0.25, 0.3) is 0 Å². The van der Waals surface area contributed by atoms with E-state index in [1.165, 1.54) is 12.1 Å². The molecular formula is C21H21FN2O2. The van der Waals surface area contributed by atoms with Gasteiger partial charge in [-0.2, -0.15) is 0 Å². The first-order chi connectivity index (χ1) is 12.5. The van der Waals surface area contributed by atoms with E-state index in [0.717, 1.165) is 22.1 Å². The van der Waals surface area contributed by atoms with Crippen LogP contribution in [-0.4, -0.2) is 25.0 Å². The van der Waals surface area contributed by atoms with E-state index in [-0.39, 0.29) is 5.82 Å². The van der Waals surface area contributed by atoms with Crippen LogP contribution >= 0.6 is 0 Å². The van der Waals surface area contributed by atoms with Crippen molar-refractivity contribution in [2.24, 2.45) is 5.73 Å². The molecule has 3 aromatic rings. The van der Waals surface area contributed by atoms with E-state index in [1.54, 1.807) is 19.2 Å². The van der Waals surface area contributed by atoms with Gasteiger partial charge in [-0.15, -0.1) is 0 Å². The number of ether oxygens (including phenoxy) is 1. The summed E-state index contributed by atoms with van der Waals surface area (Å²) in [5.41, 5.74) is 7.32. The van der Waals surface area contributed by atoms with Crippen LogP contribution in [0.1, 0.15) is 17.2 Å². The van der Waals surface area contributed by atoms with Gasteiger partial charge in [0.05, 0.1) is 7.11 Å². The summed E-state index contributed by atoms with van der Waals surface area (Å²) < 4.78 is 18.4. The van der Waals surface area contributed by atoms with Crippen molar-refractivity contribution in [1.29, 1.82) is 0 Å². The number of amides is 1. The molecule has 0 aliphatic rings. The molecule has 134 valence electrons. The molecule has 0 saturated carbocycles. The minimum atomic E-state index is -0.623. The molecular weight excluding hydrogens is 331 g/mol. The van der Waals surface area contributed by atoms with Crippen molar-refractivity contribution in [1.82, 2.24) is 4.90 Å². The molecule has 0 heterocycles. The molecule has 0 aliphatic heterocycles. The maximum absolute atomic E-state index is 13.2. The maximum atomic E-state index is 13.2. The van der Waals surface area contributed by atoms with Gasteiger partial charge in [0.1, 0.15) is 17.6 Å². The smallest absolute Gasteiger partial charge is 0.239 e. The van der Waals surface area contributed by atoms with Crippen LogP contribution in [0.4, 0.5) is 4.39 Å². The van der Waals surface area contributed by atoms with Crippen molar-refractivity contribution in [3.05, 3.63) is 77.6 Å². The first-order valence-corrected chi connectivity index (χ1v) is 8.29. The van der Waals surface area contributed by atoms with Crippen LogP contribution in [-0.2, 0) is 11.3 Å². The third-order valence-electron chi connectivity index (χ3n) is 4.44. The van der Waals surface area contributed by atoms with Gasteiger partial charge in [0, 0.05) is 6.54 Å². The van der Waals surface area contributed by atoms with Crippen LogP contribution in [0, 0.1) is 5.82 Å². The average molecular weight is 352 g/mol. The van der Waals surface area contributed by atoms with E-state index in [1.807, 2.05) is 42.3 Å². The van der Waals surface area contributed by atoms with Crippen LogP contribution < -0.4 is 10.5 Å². The number of nitrogens with zero attached hydrogens (tertiary/aromatic N) is 1. The Morgan fingerprint density at radius 3 is 2.38 bits per heavy atom. The summed E-state index contributed by atoms with van der Waals surface area (Å²) in [6.45, 7) is 0.535. The summed E-state index contributed by atoms with van der Waals surface area (Å²) in [5, 5.41) is 2.18. The lowest BCUT2D eigenvalue weighted by molar-refractivity contribution is -0.123. The van der Waals surface area contributed by atoms with Crippen molar-refractivity contribution in [3.8, 4) is 5.75 Å². The second kappa shape index (κ2) is 7.54. The number of primary amides is 1. The van der Waals surface area contributed by atoms with E-state index in [9.17, 15) is 9.18 Å². The summed E-state index contributed by atoms with van der Waals surface area (Å²) in [6, 6.07) is 17.2. The lowest BCUT2D eigenvalue weighted by Gasteiger charge is -2.26. The highest BCUT2D eigenvalue weighted by molar-refractivity contribution is 5.84. The fraction of sp³-hybridized carbons (Fsp3) is 0.190. The topological polar surface area (TPSA) is 55.6 Å². The monoisotopic (exact) mass is 352 g/mol. The quantitative estimate of drug-likeness (QED) is 0.737. The first-order valence-electron chi connectivity index (χ1n) is 8.29. The Hall–Kier alpha value is -2.92. The standard InChI is InChI=1S/C21H21FN2O2/c1-24(20(21(23)25)15-5-8-18(22)9-6-15)13-14-3-4-17-12-19(26-2)10-7-16(17)11-14/h3-12,20H,13H2,1-2H3,(H2,23,25)/t20-/m1/s1. The highest BCUT2D eigenvalue weighted by atomic mass is 19.1. The van der Waals surface area contributed by atoms with Crippen LogP contribution in [0.25, 0.3) is 10.8 Å². The number of hydrogen-bond acceptors (Lipinski definition) is 3. The van der Waals surface area contributed by atoms with Crippen molar-refractivity contribution in [2.45, 2.75) is 12.6 Å². The van der Waals surface area contributed by atoms with Crippen LogP contribution in [0.2, 0.25) is 0 Å². The first kappa shape index (κ1) is 17.9. The molecule has 1 amide bonds. The molecule has 1 atom stereocenters. The zero-order valence-corrected chi connectivity index (χ0v) is 14.8. The number of carbonyl (C=O) groups excluding carboxylic acids is 1. The van der Waals surface area contributed by atoms with E-state index < -0.39 is 11.9 Å². The zero-order valence-electron chi connectivity index (χ0n) is 14.8. The molecule has 0 bridgehead atoms. The highest BCUT2D eigenvalue weighted by Crippen LogP contribution is 2.25. The third-order valence-corrected chi connectivity index (χ3v) is 4.44. The van der Waals surface area contributed by atoms with E-state index >= 15 is 0 Å². The lowest BCUT2D eigenvalue weighted by Crippen LogP contribution is -2.35. The summed E-state index contributed by atoms with van der Waals surface area (Å²) in [7, 11) is 3.47. The number of halogens is 1. The van der Waals surface area contributed by atoms with Crippen LogP contribution in [0.3, 0.4) is 0 Å². The summed E-state index contributed by atoms with van der Waals surface area (Å²) >= 11 is 0. The molecule has 0 radical (unpaired) electrons. The third kappa shape index (κ3) is 3.83. The minimum absolute atomic E-state index is 0.343. The van der Waals surface area contributed by atoms with Crippen molar-refractivity contribution < 1.29 is 13.9 Å². The number of hydrogen-bond donors (Lipinski definition) is 1. The van der Waals surface area contributed by atoms with Gasteiger partial charge in [-0.3, -0.25) is 9.69 Å². The zero-order chi connectivity index (χ0) is 18.7. The Labute approximate surface area is 152 Å². The number of benzene rings is 3. The van der Waals surface area contributed by atoms with Gasteiger partial charge < -0.3 is 10.5 Å². The Balaban J connectivity index is 1.84. The molecule has 0 fully saturated rings. The van der Waals surface area contributed by atoms with Crippen molar-refractivity contribution in [2.75, 3.05) is 14.2 Å². The largest absolute Gasteiger partial charge is 0.497 e. The molecule has 26 heavy (non-hydrogen) atoms. The normalized spacial score (nSPS) is 12.3. The SMILES string of the molecule is COc1ccc2cc(CN(C)[C@@H](C(N)=O)c3ccc(F)cc3)ccc2c1. The molecule has 0 unspecified atom stereocenters. The second-order valence-corrected chi connectivity index (χ2v) is 6.32. The predicted octanol–water partition coefficient (Wildman–Crippen LogP) is 3.65. The second-order valence-electron chi connectivity index (χ2n) is 6.32. The Kier molecular flexibility index (Phi) is 5.19. The highest BCUT2D eigenvalue weighted by Gasteiger charge is 2.23. The number of nitrogens with two attached hydrogens (primary N) is 1. The van der Waals surface area contributed by atoms with Gasteiger partial charge in [-0.25, -0.2) is 4.39 Å².